The summed E-state index contributed by atoms with van der Waals surface area (Å²) in [5.41, 5.74) is 6.62. The third-order valence-corrected chi connectivity index (χ3v) is 7.45. The van der Waals surface area contributed by atoms with E-state index < -0.39 is 10.0 Å². The second-order valence-electron chi connectivity index (χ2n) is 5.46. The summed E-state index contributed by atoms with van der Waals surface area (Å²) in [5, 5.41) is 0. The smallest absolute Gasteiger partial charge is 0.252 e. The summed E-state index contributed by atoms with van der Waals surface area (Å²) in [5.74, 6) is 0. The molecule has 0 spiro atoms. The Balaban J connectivity index is 2.33. The molecule has 0 saturated carbocycles. The molecule has 5 nitrogen and oxygen atoms in total. The molecule has 0 aromatic carbocycles. The van der Waals surface area contributed by atoms with Gasteiger partial charge in [0.15, 0.2) is 0 Å². The number of hydrogen-bond donors (Lipinski definition) is 1. The molecule has 1 aliphatic heterocycles. The van der Waals surface area contributed by atoms with Gasteiger partial charge in [0.05, 0.1) is 0 Å². The molecule has 2 rings (SSSR count). The van der Waals surface area contributed by atoms with E-state index in [0.29, 0.717) is 17.3 Å². The van der Waals surface area contributed by atoms with Gasteiger partial charge in [-0.1, -0.05) is 0 Å². The molecule has 1 atom stereocenters. The van der Waals surface area contributed by atoms with Crippen molar-refractivity contribution in [2.75, 3.05) is 26.7 Å². The zero-order chi connectivity index (χ0) is 14.9. The van der Waals surface area contributed by atoms with Crippen molar-refractivity contribution >= 4 is 21.4 Å². The van der Waals surface area contributed by atoms with E-state index in [1.165, 1.54) is 11.3 Å². The highest BCUT2D eigenvalue weighted by atomic mass is 32.2. The van der Waals surface area contributed by atoms with E-state index in [0.717, 1.165) is 30.0 Å². The number of thiophene rings is 1. The van der Waals surface area contributed by atoms with Gasteiger partial charge in [0.25, 0.3) is 10.0 Å². The second-order valence-corrected chi connectivity index (χ2v) is 8.71. The van der Waals surface area contributed by atoms with Crippen molar-refractivity contribution < 1.29 is 8.42 Å². The molecule has 20 heavy (non-hydrogen) atoms. The summed E-state index contributed by atoms with van der Waals surface area (Å²) in [6.07, 6.45) is 0.869. The highest BCUT2D eigenvalue weighted by Crippen LogP contribution is 2.29. The molecule has 1 saturated heterocycles. The minimum atomic E-state index is -3.40. The van der Waals surface area contributed by atoms with E-state index in [1.807, 2.05) is 20.9 Å². The molecule has 1 aliphatic rings. The van der Waals surface area contributed by atoms with E-state index in [1.54, 1.807) is 10.4 Å². The molecule has 2 N–H and O–H groups in total. The van der Waals surface area contributed by atoms with Gasteiger partial charge in [-0.15, -0.1) is 11.3 Å². The summed E-state index contributed by atoms with van der Waals surface area (Å²) < 4.78 is 27.7. The topological polar surface area (TPSA) is 66.6 Å². The predicted molar refractivity (Wildman–Crippen MR) is 82.4 cm³/mol. The number of hydrogen-bond acceptors (Lipinski definition) is 5. The molecule has 2 heterocycles. The van der Waals surface area contributed by atoms with Gasteiger partial charge in [0.1, 0.15) is 4.21 Å². The molecule has 1 fully saturated rings. The third kappa shape index (κ3) is 3.07. The summed E-state index contributed by atoms with van der Waals surface area (Å²) in [7, 11) is -1.36. The van der Waals surface area contributed by atoms with Crippen molar-refractivity contribution in [1.82, 2.24) is 9.21 Å². The largest absolute Gasteiger partial charge is 0.326 e. The molecule has 0 radical (unpaired) electrons. The Morgan fingerprint density at radius 2 is 2.15 bits per heavy atom. The number of likely N-dealkylation sites (N-methyl/N-ethyl adjacent to an activating group) is 1. The van der Waals surface area contributed by atoms with Crippen molar-refractivity contribution in [3.8, 4) is 0 Å². The first-order valence-electron chi connectivity index (χ1n) is 6.86. The number of aryl methyl sites for hydroxylation is 1. The minimum Gasteiger partial charge on any atom is -0.326 e. The summed E-state index contributed by atoms with van der Waals surface area (Å²) >= 11 is 1.30. The van der Waals surface area contributed by atoms with Gasteiger partial charge in [-0.25, -0.2) is 8.42 Å². The number of sulfonamides is 1. The zero-order valence-electron chi connectivity index (χ0n) is 12.3. The fourth-order valence-corrected chi connectivity index (χ4v) is 5.90. The molecule has 0 amide bonds. The van der Waals surface area contributed by atoms with Gasteiger partial charge < -0.3 is 10.6 Å². The average Bonchev–Trinajstić information content (AvgIpc) is 2.66. The first-order chi connectivity index (χ1) is 9.36. The standard InChI is InChI=1S/C13H23N3O2S2/c1-10-7-13(19-12(10)8-14)20(17,18)16-6-4-5-15(3)9-11(16)2/h7,11H,4-6,8-9,14H2,1-3H3. The Bertz CT molecular complexity index is 568. The van der Waals surface area contributed by atoms with E-state index in [-0.39, 0.29) is 6.04 Å². The monoisotopic (exact) mass is 317 g/mol. The second kappa shape index (κ2) is 6.11. The van der Waals surface area contributed by atoms with Crippen LogP contribution in [-0.4, -0.2) is 50.3 Å². The van der Waals surface area contributed by atoms with Crippen LogP contribution in [0.25, 0.3) is 0 Å². The lowest BCUT2D eigenvalue weighted by Crippen LogP contribution is -2.41. The Hall–Kier alpha value is -0.470. The van der Waals surface area contributed by atoms with Crippen LogP contribution in [0.3, 0.4) is 0 Å². The van der Waals surface area contributed by atoms with Crippen LogP contribution in [0, 0.1) is 6.92 Å². The van der Waals surface area contributed by atoms with Crippen LogP contribution in [-0.2, 0) is 16.6 Å². The maximum Gasteiger partial charge on any atom is 0.252 e. The van der Waals surface area contributed by atoms with E-state index >= 15 is 0 Å². The third-order valence-electron chi connectivity index (χ3n) is 3.73. The normalized spacial score (nSPS) is 22.9. The van der Waals surface area contributed by atoms with Crippen LogP contribution >= 0.6 is 11.3 Å². The van der Waals surface area contributed by atoms with Gasteiger partial charge in [-0.2, -0.15) is 4.31 Å². The SMILES string of the molecule is Cc1cc(S(=O)(=O)N2CCCN(C)CC2C)sc1CN. The molecule has 0 aliphatic carbocycles. The summed E-state index contributed by atoms with van der Waals surface area (Å²) in [4.78, 5) is 3.13. The molecule has 1 unspecified atom stereocenters. The van der Waals surface area contributed by atoms with Crippen molar-refractivity contribution in [3.05, 3.63) is 16.5 Å². The van der Waals surface area contributed by atoms with E-state index in [4.69, 9.17) is 5.73 Å². The maximum atomic E-state index is 12.8. The molecule has 0 bridgehead atoms. The molecule has 1 aromatic rings. The van der Waals surface area contributed by atoms with Crippen molar-refractivity contribution in [2.45, 2.75) is 37.1 Å². The van der Waals surface area contributed by atoms with Gasteiger partial charge in [-0.05, 0) is 45.5 Å². The molecule has 7 heteroatoms. The molecular formula is C13H23N3O2S2. The fourth-order valence-electron chi connectivity index (χ4n) is 2.64. The Kier molecular flexibility index (Phi) is 4.86. The molecular weight excluding hydrogens is 294 g/mol. The average molecular weight is 317 g/mol. The van der Waals surface area contributed by atoms with Gasteiger partial charge in [0, 0.05) is 30.6 Å². The first-order valence-corrected chi connectivity index (χ1v) is 9.11. The minimum absolute atomic E-state index is 0.00349. The Morgan fingerprint density at radius 3 is 2.75 bits per heavy atom. The van der Waals surface area contributed by atoms with Gasteiger partial charge in [0.2, 0.25) is 0 Å². The van der Waals surface area contributed by atoms with Crippen LogP contribution in [0.5, 0.6) is 0 Å². The Morgan fingerprint density at radius 1 is 1.45 bits per heavy atom. The van der Waals surface area contributed by atoms with Crippen LogP contribution in [0.1, 0.15) is 23.8 Å². The lowest BCUT2D eigenvalue weighted by atomic mass is 10.3. The van der Waals surface area contributed by atoms with Crippen molar-refractivity contribution in [3.63, 3.8) is 0 Å². The van der Waals surface area contributed by atoms with Crippen LogP contribution < -0.4 is 5.73 Å². The van der Waals surface area contributed by atoms with E-state index in [9.17, 15) is 8.42 Å². The van der Waals surface area contributed by atoms with Crippen molar-refractivity contribution in [2.24, 2.45) is 5.73 Å². The molecule has 1 aromatic heterocycles. The van der Waals surface area contributed by atoms with Gasteiger partial charge >= 0.3 is 0 Å². The lowest BCUT2D eigenvalue weighted by molar-refractivity contribution is 0.291. The lowest BCUT2D eigenvalue weighted by Gasteiger charge is -2.26. The van der Waals surface area contributed by atoms with Gasteiger partial charge in [-0.3, -0.25) is 0 Å². The summed E-state index contributed by atoms with van der Waals surface area (Å²) in [6, 6.07) is 1.75. The first kappa shape index (κ1) is 15.9. The van der Waals surface area contributed by atoms with Crippen LogP contribution in [0.15, 0.2) is 10.3 Å². The van der Waals surface area contributed by atoms with Crippen molar-refractivity contribution in [1.29, 1.82) is 0 Å². The number of rotatable bonds is 3. The van der Waals surface area contributed by atoms with Crippen LogP contribution in [0.4, 0.5) is 0 Å². The maximum absolute atomic E-state index is 12.8. The zero-order valence-corrected chi connectivity index (χ0v) is 13.9. The number of nitrogens with zero attached hydrogens (tertiary/aromatic N) is 2. The number of nitrogens with two attached hydrogens (primary N) is 1. The van der Waals surface area contributed by atoms with Crippen LogP contribution in [0.2, 0.25) is 0 Å². The molecule has 114 valence electrons. The van der Waals surface area contributed by atoms with E-state index in [2.05, 4.69) is 4.90 Å². The highest BCUT2D eigenvalue weighted by molar-refractivity contribution is 7.91. The summed E-state index contributed by atoms with van der Waals surface area (Å²) in [6.45, 7) is 6.58. The predicted octanol–water partition coefficient (Wildman–Crippen LogP) is 1.23. The highest BCUT2D eigenvalue weighted by Gasteiger charge is 2.32. The Labute approximate surface area is 125 Å². The fraction of sp³-hybridized carbons (Fsp3) is 0.692. The quantitative estimate of drug-likeness (QED) is 0.910.